The van der Waals surface area contributed by atoms with Gasteiger partial charge in [-0.05, 0) is 42.9 Å². The Bertz CT molecular complexity index is 464. The van der Waals surface area contributed by atoms with Crippen LogP contribution in [0.25, 0.3) is 0 Å². The number of halogens is 1. The molecule has 2 atom stereocenters. The monoisotopic (exact) mass is 320 g/mol. The average molecular weight is 321 g/mol. The zero-order chi connectivity index (χ0) is 13.7. The van der Waals surface area contributed by atoms with E-state index in [9.17, 15) is 0 Å². The minimum absolute atomic E-state index is 0.722. The second kappa shape index (κ2) is 6.96. The van der Waals surface area contributed by atoms with Crippen molar-refractivity contribution >= 4 is 21.6 Å². The molecule has 1 saturated carbocycles. The van der Waals surface area contributed by atoms with Crippen molar-refractivity contribution in [3.05, 3.63) is 28.2 Å². The molecule has 102 valence electrons. The Morgan fingerprint density at radius 1 is 1.42 bits per heavy atom. The van der Waals surface area contributed by atoms with E-state index in [1.54, 1.807) is 0 Å². The van der Waals surface area contributed by atoms with Crippen LogP contribution in [0.5, 0.6) is 0 Å². The molecule has 1 fully saturated rings. The molecule has 0 aromatic heterocycles. The van der Waals surface area contributed by atoms with Crippen LogP contribution in [0.2, 0.25) is 0 Å². The Kier molecular flexibility index (Phi) is 5.27. The molecule has 3 heteroatoms. The summed E-state index contributed by atoms with van der Waals surface area (Å²) in [6, 6.07) is 7.99. The zero-order valence-electron chi connectivity index (χ0n) is 11.5. The first-order valence-electron chi connectivity index (χ1n) is 7.12. The summed E-state index contributed by atoms with van der Waals surface area (Å²) in [6.07, 6.45) is 6.73. The zero-order valence-corrected chi connectivity index (χ0v) is 13.0. The Balaban J connectivity index is 1.85. The van der Waals surface area contributed by atoms with Gasteiger partial charge in [-0.15, -0.1) is 0 Å². The lowest BCUT2D eigenvalue weighted by Gasteiger charge is -2.26. The molecular formula is C16H21BrN2. The van der Waals surface area contributed by atoms with Crippen LogP contribution >= 0.6 is 15.9 Å². The topological polar surface area (TPSA) is 35.8 Å². The predicted molar refractivity (Wildman–Crippen MR) is 83.1 cm³/mol. The number of anilines is 1. The van der Waals surface area contributed by atoms with E-state index in [1.165, 1.54) is 32.1 Å². The Morgan fingerprint density at radius 2 is 2.26 bits per heavy atom. The van der Waals surface area contributed by atoms with Gasteiger partial charge in [-0.2, -0.15) is 5.26 Å². The van der Waals surface area contributed by atoms with Crippen molar-refractivity contribution in [3.8, 4) is 6.07 Å². The first kappa shape index (κ1) is 14.4. The van der Waals surface area contributed by atoms with E-state index < -0.39 is 0 Å². The quantitative estimate of drug-likeness (QED) is 0.852. The first-order chi connectivity index (χ1) is 9.19. The van der Waals surface area contributed by atoms with Crippen molar-refractivity contribution in [1.29, 1.82) is 5.26 Å². The summed E-state index contributed by atoms with van der Waals surface area (Å²) in [5.41, 5.74) is 1.67. The van der Waals surface area contributed by atoms with Crippen LogP contribution in [-0.2, 0) is 0 Å². The molecule has 2 rings (SSSR count). The highest BCUT2D eigenvalue weighted by molar-refractivity contribution is 9.10. The third kappa shape index (κ3) is 4.24. The van der Waals surface area contributed by atoms with Crippen molar-refractivity contribution < 1.29 is 0 Å². The van der Waals surface area contributed by atoms with Crippen LogP contribution < -0.4 is 5.32 Å². The van der Waals surface area contributed by atoms with Crippen LogP contribution in [0.4, 0.5) is 5.69 Å². The number of nitriles is 1. The Hall–Kier alpha value is -1.01. The molecule has 2 nitrogen and oxygen atoms in total. The fourth-order valence-corrected chi connectivity index (χ4v) is 3.35. The van der Waals surface area contributed by atoms with Crippen LogP contribution in [-0.4, -0.2) is 6.54 Å². The van der Waals surface area contributed by atoms with Gasteiger partial charge in [-0.3, -0.25) is 0 Å². The number of hydrogen-bond donors (Lipinski definition) is 1. The lowest BCUT2D eigenvalue weighted by atomic mass is 9.81. The lowest BCUT2D eigenvalue weighted by molar-refractivity contribution is 0.274. The summed E-state index contributed by atoms with van der Waals surface area (Å²) in [6.45, 7) is 3.32. The van der Waals surface area contributed by atoms with E-state index >= 15 is 0 Å². The van der Waals surface area contributed by atoms with Gasteiger partial charge in [0.05, 0.1) is 11.3 Å². The van der Waals surface area contributed by atoms with Gasteiger partial charge in [0, 0.05) is 11.0 Å². The molecular weight excluding hydrogens is 300 g/mol. The fraction of sp³-hybridized carbons (Fsp3) is 0.562. The van der Waals surface area contributed by atoms with Crippen molar-refractivity contribution in [2.24, 2.45) is 11.8 Å². The molecule has 0 amide bonds. The predicted octanol–water partition coefficient (Wildman–Crippen LogP) is 4.95. The van der Waals surface area contributed by atoms with E-state index in [0.717, 1.165) is 34.1 Å². The Morgan fingerprint density at radius 3 is 3.00 bits per heavy atom. The summed E-state index contributed by atoms with van der Waals surface area (Å²) >= 11 is 3.45. The van der Waals surface area contributed by atoms with E-state index in [-0.39, 0.29) is 0 Å². The molecule has 1 aromatic carbocycles. The van der Waals surface area contributed by atoms with Crippen LogP contribution in [0.3, 0.4) is 0 Å². The average Bonchev–Trinajstić information content (AvgIpc) is 2.39. The van der Waals surface area contributed by atoms with Crippen molar-refractivity contribution in [1.82, 2.24) is 0 Å². The smallest absolute Gasteiger partial charge is 0.101 e. The summed E-state index contributed by atoms with van der Waals surface area (Å²) in [5, 5.41) is 12.5. The van der Waals surface area contributed by atoms with Crippen molar-refractivity contribution in [3.63, 3.8) is 0 Å². The van der Waals surface area contributed by atoms with Gasteiger partial charge in [0.25, 0.3) is 0 Å². The van der Waals surface area contributed by atoms with Gasteiger partial charge >= 0.3 is 0 Å². The van der Waals surface area contributed by atoms with Gasteiger partial charge in [0.15, 0.2) is 0 Å². The van der Waals surface area contributed by atoms with Gasteiger partial charge in [0.1, 0.15) is 6.07 Å². The van der Waals surface area contributed by atoms with Crippen LogP contribution in [0.15, 0.2) is 22.7 Å². The van der Waals surface area contributed by atoms with E-state index in [0.29, 0.717) is 0 Å². The molecule has 1 aliphatic rings. The second-order valence-electron chi connectivity index (χ2n) is 5.65. The molecule has 1 aliphatic carbocycles. The second-order valence-corrected chi connectivity index (χ2v) is 6.57. The molecule has 0 aliphatic heterocycles. The lowest BCUT2D eigenvalue weighted by Crippen LogP contribution is -2.16. The van der Waals surface area contributed by atoms with Gasteiger partial charge in [-0.25, -0.2) is 0 Å². The molecule has 0 saturated heterocycles. The van der Waals surface area contributed by atoms with Crippen LogP contribution in [0, 0.1) is 23.2 Å². The number of hydrogen-bond acceptors (Lipinski definition) is 2. The van der Waals surface area contributed by atoms with Crippen LogP contribution in [0.1, 0.15) is 44.6 Å². The molecule has 0 bridgehead atoms. The summed E-state index contributed by atoms with van der Waals surface area (Å²) < 4.78 is 1.01. The number of rotatable bonds is 4. The molecule has 0 spiro atoms. The minimum atomic E-state index is 0.722. The van der Waals surface area contributed by atoms with E-state index in [4.69, 9.17) is 5.26 Å². The highest BCUT2D eigenvalue weighted by Crippen LogP contribution is 2.30. The minimum Gasteiger partial charge on any atom is -0.384 e. The normalized spacial score (nSPS) is 22.8. The molecule has 1 aromatic rings. The van der Waals surface area contributed by atoms with Gasteiger partial charge < -0.3 is 5.32 Å². The maximum absolute atomic E-state index is 9.09. The van der Waals surface area contributed by atoms with E-state index in [1.807, 2.05) is 18.2 Å². The van der Waals surface area contributed by atoms with E-state index in [2.05, 4.69) is 34.2 Å². The van der Waals surface area contributed by atoms with Crippen molar-refractivity contribution in [2.75, 3.05) is 11.9 Å². The highest BCUT2D eigenvalue weighted by Gasteiger charge is 2.18. The number of nitrogens with zero attached hydrogens (tertiary/aromatic N) is 1. The summed E-state index contributed by atoms with van der Waals surface area (Å²) in [7, 11) is 0. The highest BCUT2D eigenvalue weighted by atomic mass is 79.9. The molecule has 19 heavy (non-hydrogen) atoms. The largest absolute Gasteiger partial charge is 0.384 e. The summed E-state index contributed by atoms with van der Waals surface area (Å²) in [5.74, 6) is 1.74. The molecule has 2 unspecified atom stereocenters. The standard InChI is InChI=1S/C16H21BrN2/c1-12-3-2-4-13(9-12)7-8-19-16-10-15(17)6-5-14(16)11-18/h5-6,10,12-13,19H,2-4,7-9H2,1H3. The maximum atomic E-state index is 9.09. The third-order valence-electron chi connectivity index (χ3n) is 4.02. The third-order valence-corrected chi connectivity index (χ3v) is 4.51. The number of benzene rings is 1. The molecule has 0 radical (unpaired) electrons. The van der Waals surface area contributed by atoms with Gasteiger partial charge in [0.2, 0.25) is 0 Å². The number of nitrogens with one attached hydrogen (secondary N) is 1. The Labute approximate surface area is 124 Å². The maximum Gasteiger partial charge on any atom is 0.101 e. The first-order valence-corrected chi connectivity index (χ1v) is 7.92. The molecule has 1 N–H and O–H groups in total. The molecule has 0 heterocycles. The summed E-state index contributed by atoms with van der Waals surface area (Å²) in [4.78, 5) is 0. The van der Waals surface area contributed by atoms with Crippen molar-refractivity contribution in [2.45, 2.75) is 39.0 Å². The van der Waals surface area contributed by atoms with Gasteiger partial charge in [-0.1, -0.05) is 42.1 Å². The fourth-order valence-electron chi connectivity index (χ4n) is 2.99. The SMILES string of the molecule is CC1CCCC(CCNc2cc(Br)ccc2C#N)C1.